The van der Waals surface area contributed by atoms with Gasteiger partial charge in [-0.2, -0.15) is 13.2 Å². The van der Waals surface area contributed by atoms with Crippen LogP contribution in [0.15, 0.2) is 41.3 Å². The zero-order valence-corrected chi connectivity index (χ0v) is 14.5. The molecule has 0 aromatic heterocycles. The highest BCUT2D eigenvalue weighted by molar-refractivity contribution is 7.80. The summed E-state index contributed by atoms with van der Waals surface area (Å²) in [7, 11) is 0. The zero-order valence-electron chi connectivity index (χ0n) is 13.6. The number of hydrogen-bond acceptors (Lipinski definition) is 3. The molecule has 0 saturated carbocycles. The first-order chi connectivity index (χ1) is 12.1. The van der Waals surface area contributed by atoms with Gasteiger partial charge in [0.05, 0.1) is 18.1 Å². The Bertz CT molecular complexity index is 787. The summed E-state index contributed by atoms with van der Waals surface area (Å²) in [6, 6.07) is 6.71. The van der Waals surface area contributed by atoms with Crippen molar-refractivity contribution >= 4 is 18.4 Å². The number of alkyl halides is 3. The van der Waals surface area contributed by atoms with E-state index in [0.717, 1.165) is 24.3 Å². The number of benzene rings is 2. The normalized spacial score (nSPS) is 16.0. The second kappa shape index (κ2) is 8.07. The van der Waals surface area contributed by atoms with E-state index in [9.17, 15) is 26.7 Å². The fourth-order valence-corrected chi connectivity index (χ4v) is 2.47. The molecule has 2 nitrogen and oxygen atoms in total. The Labute approximate surface area is 152 Å². The van der Waals surface area contributed by atoms with E-state index in [2.05, 4.69) is 12.6 Å². The van der Waals surface area contributed by atoms with Gasteiger partial charge in [-0.15, -0.1) is 12.6 Å². The Morgan fingerprint density at radius 3 is 2.19 bits per heavy atom. The lowest BCUT2D eigenvalue weighted by Crippen LogP contribution is -2.27. The van der Waals surface area contributed by atoms with Gasteiger partial charge in [0.25, 0.3) is 0 Å². The minimum absolute atomic E-state index is 0.0486. The van der Waals surface area contributed by atoms with Crippen LogP contribution in [0.25, 0.3) is 0 Å². The quantitative estimate of drug-likeness (QED) is 0.542. The Morgan fingerprint density at radius 1 is 1.08 bits per heavy atom. The van der Waals surface area contributed by atoms with Gasteiger partial charge in [-0.25, -0.2) is 8.78 Å². The van der Waals surface area contributed by atoms with Crippen LogP contribution in [-0.2, 0) is 17.4 Å². The molecule has 2 aromatic carbocycles. The maximum atomic E-state index is 13.3. The maximum absolute atomic E-state index is 13.3. The summed E-state index contributed by atoms with van der Waals surface area (Å²) in [5, 5.41) is 0. The van der Waals surface area contributed by atoms with E-state index in [1.165, 1.54) is 19.1 Å². The molecule has 26 heavy (non-hydrogen) atoms. The number of ether oxygens (including phenoxy) is 1. The third-order valence-corrected chi connectivity index (χ3v) is 4.10. The zero-order chi connectivity index (χ0) is 19.5. The Morgan fingerprint density at radius 2 is 1.65 bits per heavy atom. The molecule has 140 valence electrons. The summed E-state index contributed by atoms with van der Waals surface area (Å²) >= 11 is 3.86. The lowest BCUT2D eigenvalue weighted by Gasteiger charge is -2.24. The van der Waals surface area contributed by atoms with Crippen LogP contribution in [0.2, 0.25) is 0 Å². The van der Waals surface area contributed by atoms with Crippen LogP contribution in [0.5, 0.6) is 5.75 Å². The molecule has 1 aliphatic rings. The lowest BCUT2D eigenvalue weighted by molar-refractivity contribution is -0.137. The van der Waals surface area contributed by atoms with Gasteiger partial charge >= 0.3 is 6.18 Å². The van der Waals surface area contributed by atoms with Gasteiger partial charge < -0.3 is 4.74 Å². The van der Waals surface area contributed by atoms with E-state index in [-0.39, 0.29) is 36.0 Å². The number of carbonyl (C=O) groups excluding carboxylic acids is 1. The molecule has 0 spiro atoms. The smallest absolute Gasteiger partial charge is 0.416 e. The molecular weight excluding hydrogens is 375 g/mol. The van der Waals surface area contributed by atoms with Crippen molar-refractivity contribution in [3.8, 4) is 5.75 Å². The van der Waals surface area contributed by atoms with Gasteiger partial charge in [0.15, 0.2) is 11.6 Å². The van der Waals surface area contributed by atoms with Gasteiger partial charge in [0.2, 0.25) is 0 Å². The number of Topliss-reactive ketones (excluding diaryl/α,β-unsaturated/α-hetero) is 1. The standard InChI is InChI=1S/C11H10F2O2.C7H5F3S/c1-6(14)7-4-8-9(12)2-3-10(13)11(8)15-5-7;8-7(9,10)5-1-3-6(11)4-2-5/h2-3,7H,4-5H2,1H3;1-4,11H/t7-;/m0./s1. The average Bonchev–Trinajstić information content (AvgIpc) is 2.58. The number of fused-ring (bicyclic) bond motifs is 1. The predicted octanol–water partition coefficient (Wildman–Crippen LogP) is 5.10. The Balaban J connectivity index is 0.000000197. The van der Waals surface area contributed by atoms with Crippen LogP contribution in [-0.4, -0.2) is 12.4 Å². The van der Waals surface area contributed by atoms with E-state index in [4.69, 9.17) is 4.74 Å². The van der Waals surface area contributed by atoms with Crippen LogP contribution < -0.4 is 4.74 Å². The van der Waals surface area contributed by atoms with Gasteiger partial charge in [-0.3, -0.25) is 4.79 Å². The first kappa shape index (κ1) is 20.2. The molecule has 2 aromatic rings. The average molecular weight is 390 g/mol. The van der Waals surface area contributed by atoms with Crippen molar-refractivity contribution < 1.29 is 31.5 Å². The topological polar surface area (TPSA) is 26.3 Å². The molecular formula is C18H15F5O2S. The minimum Gasteiger partial charge on any atom is -0.489 e. The predicted molar refractivity (Wildman–Crippen MR) is 88.4 cm³/mol. The highest BCUT2D eigenvalue weighted by atomic mass is 32.1. The molecule has 0 aliphatic carbocycles. The molecule has 1 heterocycles. The highest BCUT2D eigenvalue weighted by Gasteiger charge is 2.30. The van der Waals surface area contributed by atoms with Crippen molar-refractivity contribution in [3.63, 3.8) is 0 Å². The third-order valence-electron chi connectivity index (χ3n) is 3.80. The number of halogens is 5. The number of rotatable bonds is 1. The van der Waals surface area contributed by atoms with Crippen molar-refractivity contribution in [2.24, 2.45) is 5.92 Å². The van der Waals surface area contributed by atoms with Gasteiger partial charge in [-0.05, 0) is 49.7 Å². The fraction of sp³-hybridized carbons (Fsp3) is 0.278. The summed E-state index contributed by atoms with van der Waals surface area (Å²) in [6.07, 6.45) is -4.03. The second-order valence-corrected chi connectivity index (χ2v) is 6.22. The number of thiol groups is 1. The van der Waals surface area contributed by atoms with E-state index in [0.29, 0.717) is 4.90 Å². The number of hydrogen-bond donors (Lipinski definition) is 1. The lowest BCUT2D eigenvalue weighted by atomic mass is 9.93. The molecule has 8 heteroatoms. The molecule has 0 bridgehead atoms. The van der Waals surface area contributed by atoms with Crippen LogP contribution in [0, 0.1) is 17.6 Å². The summed E-state index contributed by atoms with van der Waals surface area (Å²) in [5.74, 6) is -1.57. The maximum Gasteiger partial charge on any atom is 0.416 e. The molecule has 0 saturated heterocycles. The van der Waals surface area contributed by atoms with Crippen LogP contribution in [0.4, 0.5) is 22.0 Å². The van der Waals surface area contributed by atoms with E-state index in [1.54, 1.807) is 0 Å². The SMILES string of the molecule is CC(=O)[C@@H]1COc2c(F)ccc(F)c2C1.FC(F)(F)c1ccc(S)cc1. The third kappa shape index (κ3) is 4.97. The van der Waals surface area contributed by atoms with Crippen molar-refractivity contribution in [1.29, 1.82) is 0 Å². The second-order valence-electron chi connectivity index (χ2n) is 5.70. The Hall–Kier alpha value is -2.09. The highest BCUT2D eigenvalue weighted by Crippen LogP contribution is 2.32. The Kier molecular flexibility index (Phi) is 6.28. The molecule has 0 radical (unpaired) electrons. The summed E-state index contributed by atoms with van der Waals surface area (Å²) in [5.41, 5.74) is -0.475. The molecule has 0 N–H and O–H groups in total. The fourth-order valence-electron chi connectivity index (χ4n) is 2.32. The number of ketones is 1. The molecule has 0 fully saturated rings. The monoisotopic (exact) mass is 390 g/mol. The van der Waals surface area contributed by atoms with Gasteiger partial charge in [-0.1, -0.05) is 0 Å². The van der Waals surface area contributed by atoms with Crippen molar-refractivity contribution in [2.75, 3.05) is 6.61 Å². The molecule has 0 unspecified atom stereocenters. The first-order valence-corrected chi connectivity index (χ1v) is 8.00. The van der Waals surface area contributed by atoms with Crippen molar-refractivity contribution in [3.05, 3.63) is 59.2 Å². The summed E-state index contributed by atoms with van der Waals surface area (Å²) < 4.78 is 67.3. The largest absolute Gasteiger partial charge is 0.489 e. The van der Waals surface area contributed by atoms with E-state index >= 15 is 0 Å². The van der Waals surface area contributed by atoms with Gasteiger partial charge in [0.1, 0.15) is 11.6 Å². The van der Waals surface area contributed by atoms with E-state index < -0.39 is 23.4 Å². The van der Waals surface area contributed by atoms with Gasteiger partial charge in [0, 0.05) is 10.5 Å². The molecule has 3 rings (SSSR count). The van der Waals surface area contributed by atoms with Crippen LogP contribution in [0.3, 0.4) is 0 Å². The number of carbonyl (C=O) groups is 1. The van der Waals surface area contributed by atoms with Crippen LogP contribution in [0.1, 0.15) is 18.1 Å². The van der Waals surface area contributed by atoms with E-state index in [1.807, 2.05) is 0 Å². The minimum atomic E-state index is -4.25. The van der Waals surface area contributed by atoms with Crippen LogP contribution >= 0.6 is 12.6 Å². The summed E-state index contributed by atoms with van der Waals surface area (Å²) in [6.45, 7) is 1.55. The van der Waals surface area contributed by atoms with Crippen molar-refractivity contribution in [2.45, 2.75) is 24.4 Å². The summed E-state index contributed by atoms with van der Waals surface area (Å²) in [4.78, 5) is 11.6. The first-order valence-electron chi connectivity index (χ1n) is 7.56. The molecule has 1 atom stereocenters. The molecule has 0 amide bonds. The van der Waals surface area contributed by atoms with Crippen molar-refractivity contribution in [1.82, 2.24) is 0 Å². The molecule has 1 aliphatic heterocycles.